The van der Waals surface area contributed by atoms with Crippen LogP contribution < -0.4 is 0 Å². The van der Waals surface area contributed by atoms with Gasteiger partial charge in [-0.2, -0.15) is 0 Å². The molecule has 11 rings (SSSR count). The van der Waals surface area contributed by atoms with E-state index in [2.05, 4.69) is 171 Å². The van der Waals surface area contributed by atoms with Crippen molar-refractivity contribution in [3.63, 3.8) is 0 Å². The minimum absolute atomic E-state index is 0.977. The Morgan fingerprint density at radius 3 is 1.64 bits per heavy atom. The summed E-state index contributed by atoms with van der Waals surface area (Å²) in [5, 5.41) is 8.50. The number of pyridine rings is 1. The zero-order valence-corrected chi connectivity index (χ0v) is 25.3. The summed E-state index contributed by atoms with van der Waals surface area (Å²) >= 11 is 0. The maximum absolute atomic E-state index is 5.39. The molecular formula is C43H26N4. The number of rotatable bonds is 2. The molecule has 4 heteroatoms. The van der Waals surface area contributed by atoms with Crippen LogP contribution in [0.4, 0.5) is 0 Å². The van der Waals surface area contributed by atoms with Gasteiger partial charge in [0.05, 0.1) is 44.0 Å². The molecule has 0 radical (unpaired) electrons. The van der Waals surface area contributed by atoms with Crippen molar-refractivity contribution in [2.24, 2.45) is 0 Å². The minimum atomic E-state index is 0.977. The molecule has 0 saturated carbocycles. The van der Waals surface area contributed by atoms with E-state index in [9.17, 15) is 0 Å². The van der Waals surface area contributed by atoms with Gasteiger partial charge >= 0.3 is 0 Å². The lowest BCUT2D eigenvalue weighted by molar-refractivity contribution is 1.18. The molecule has 4 nitrogen and oxygen atoms in total. The first-order chi connectivity index (χ1) is 23.3. The van der Waals surface area contributed by atoms with Gasteiger partial charge in [0.2, 0.25) is 0 Å². The largest absolute Gasteiger partial charge is 0.309 e. The fraction of sp³-hybridized carbons (Fsp3) is 0. The fourth-order valence-electron chi connectivity index (χ4n) is 8.05. The molecule has 4 heterocycles. The van der Waals surface area contributed by atoms with Gasteiger partial charge in [0.25, 0.3) is 0 Å². The topological polar surface area (TPSA) is 27.2 Å². The summed E-state index contributed by atoms with van der Waals surface area (Å²) < 4.78 is 7.23. The highest BCUT2D eigenvalue weighted by Crippen LogP contribution is 2.43. The molecule has 0 N–H and O–H groups in total. The lowest BCUT2D eigenvalue weighted by Crippen LogP contribution is -1.98. The molecule has 0 bridgehead atoms. The van der Waals surface area contributed by atoms with Crippen LogP contribution in [0.1, 0.15) is 0 Å². The summed E-state index contributed by atoms with van der Waals surface area (Å²) in [7, 11) is 0. The van der Waals surface area contributed by atoms with E-state index in [4.69, 9.17) is 4.98 Å². The maximum atomic E-state index is 5.39. The van der Waals surface area contributed by atoms with E-state index >= 15 is 0 Å². The van der Waals surface area contributed by atoms with Gasteiger partial charge in [-0.05, 0) is 66.0 Å². The number of nitrogens with zero attached hydrogens (tertiary/aromatic N) is 4. The SMILES string of the molecule is c1ccc(-n2c3ccccc3c3cc4c(cc32)c2ccc3c5ccccc5n(-c5ccccc5)c3c2c2nc3ccccc3n42)cc1. The molecule has 0 amide bonds. The smallest absolute Gasteiger partial charge is 0.148 e. The molecule has 0 aliphatic heterocycles. The maximum Gasteiger partial charge on any atom is 0.148 e. The quantitative estimate of drug-likeness (QED) is 0.182. The summed E-state index contributed by atoms with van der Waals surface area (Å²) in [5.74, 6) is 0. The molecule has 0 saturated heterocycles. The van der Waals surface area contributed by atoms with Crippen LogP contribution in [-0.2, 0) is 0 Å². The van der Waals surface area contributed by atoms with Gasteiger partial charge < -0.3 is 9.13 Å². The van der Waals surface area contributed by atoms with Crippen LogP contribution in [0, 0.1) is 0 Å². The number of hydrogen-bond acceptors (Lipinski definition) is 1. The van der Waals surface area contributed by atoms with Crippen LogP contribution in [0.15, 0.2) is 158 Å². The van der Waals surface area contributed by atoms with Crippen LogP contribution >= 0.6 is 0 Å². The van der Waals surface area contributed by atoms with E-state index in [1.807, 2.05) is 0 Å². The average Bonchev–Trinajstić information content (AvgIpc) is 3.79. The van der Waals surface area contributed by atoms with Gasteiger partial charge in [0.15, 0.2) is 0 Å². The molecule has 7 aromatic carbocycles. The number of hydrogen-bond donors (Lipinski definition) is 0. The van der Waals surface area contributed by atoms with Crippen molar-refractivity contribution in [3.8, 4) is 11.4 Å². The molecule has 47 heavy (non-hydrogen) atoms. The molecule has 11 aromatic rings. The van der Waals surface area contributed by atoms with Gasteiger partial charge in [-0.1, -0.05) is 97.1 Å². The first-order valence-electron chi connectivity index (χ1n) is 16.1. The molecule has 218 valence electrons. The highest BCUT2D eigenvalue weighted by Gasteiger charge is 2.22. The number of para-hydroxylation sites is 6. The van der Waals surface area contributed by atoms with E-state index < -0.39 is 0 Å². The second-order valence-corrected chi connectivity index (χ2v) is 12.4. The summed E-state index contributed by atoms with van der Waals surface area (Å²) in [6.45, 7) is 0. The third-order valence-corrected chi connectivity index (χ3v) is 9.97. The molecule has 0 unspecified atom stereocenters. The van der Waals surface area contributed by atoms with Crippen molar-refractivity contribution in [3.05, 3.63) is 158 Å². The Balaban J connectivity index is 1.44. The van der Waals surface area contributed by atoms with Crippen molar-refractivity contribution < 1.29 is 0 Å². The Morgan fingerprint density at radius 1 is 0.362 bits per heavy atom. The van der Waals surface area contributed by atoms with Gasteiger partial charge in [0.1, 0.15) is 5.65 Å². The van der Waals surface area contributed by atoms with Crippen LogP contribution in [0.3, 0.4) is 0 Å². The van der Waals surface area contributed by atoms with Crippen LogP contribution in [-0.4, -0.2) is 18.5 Å². The number of fused-ring (bicyclic) bond motifs is 15. The van der Waals surface area contributed by atoms with Gasteiger partial charge in [-0.15, -0.1) is 0 Å². The highest BCUT2D eigenvalue weighted by atomic mass is 15.0. The van der Waals surface area contributed by atoms with Crippen molar-refractivity contribution in [1.29, 1.82) is 0 Å². The van der Waals surface area contributed by atoms with E-state index in [1.54, 1.807) is 0 Å². The monoisotopic (exact) mass is 598 g/mol. The van der Waals surface area contributed by atoms with Crippen LogP contribution in [0.5, 0.6) is 0 Å². The lowest BCUT2D eigenvalue weighted by Gasteiger charge is -2.14. The van der Waals surface area contributed by atoms with E-state index in [0.717, 1.165) is 39.0 Å². The normalized spacial score (nSPS) is 12.3. The predicted octanol–water partition coefficient (Wildman–Crippen LogP) is 11.0. The Kier molecular flexibility index (Phi) is 4.81. The van der Waals surface area contributed by atoms with Crippen molar-refractivity contribution in [2.75, 3.05) is 0 Å². The van der Waals surface area contributed by atoms with Gasteiger partial charge in [0, 0.05) is 38.3 Å². The highest BCUT2D eigenvalue weighted by molar-refractivity contribution is 6.28. The van der Waals surface area contributed by atoms with Gasteiger partial charge in [-0.25, -0.2) is 4.98 Å². The Morgan fingerprint density at radius 2 is 0.894 bits per heavy atom. The molecular weight excluding hydrogens is 573 g/mol. The molecule has 0 atom stereocenters. The van der Waals surface area contributed by atoms with Crippen molar-refractivity contribution in [1.82, 2.24) is 18.5 Å². The molecule has 0 aliphatic carbocycles. The first-order valence-corrected chi connectivity index (χ1v) is 16.1. The lowest BCUT2D eigenvalue weighted by atomic mass is 10.0. The second-order valence-electron chi connectivity index (χ2n) is 12.4. The summed E-state index contributed by atoms with van der Waals surface area (Å²) in [6, 6.07) is 56.9. The summed E-state index contributed by atoms with van der Waals surface area (Å²) in [4.78, 5) is 5.39. The molecule has 0 spiro atoms. The van der Waals surface area contributed by atoms with E-state index in [0.29, 0.717) is 0 Å². The number of imidazole rings is 1. The molecule has 4 aromatic heterocycles. The average molecular weight is 599 g/mol. The van der Waals surface area contributed by atoms with Gasteiger partial charge in [-0.3, -0.25) is 4.40 Å². The Bertz CT molecular complexity index is 3050. The third-order valence-electron chi connectivity index (χ3n) is 9.97. The second kappa shape index (κ2) is 9.09. The number of aromatic nitrogens is 4. The van der Waals surface area contributed by atoms with E-state index in [1.165, 1.54) is 54.4 Å². The fourth-order valence-corrected chi connectivity index (χ4v) is 8.05. The molecule has 0 aliphatic rings. The number of benzene rings is 7. The minimum Gasteiger partial charge on any atom is -0.309 e. The first kappa shape index (κ1) is 24.9. The Hall–Kier alpha value is -6.39. The van der Waals surface area contributed by atoms with Crippen molar-refractivity contribution in [2.45, 2.75) is 0 Å². The standard InChI is InChI=1S/C43H26N4/c1-3-13-27(14-4-1)45-36-20-10-8-18-30(36)33-25-40-34(26-39(33)45)31-23-24-32-29-17-7-11-21-37(29)46(28-15-5-2-6-16-28)42(32)41(31)43-44-35-19-9-12-22-38(35)47(40)43/h1-26H. The van der Waals surface area contributed by atoms with E-state index in [-0.39, 0.29) is 0 Å². The van der Waals surface area contributed by atoms with Crippen LogP contribution in [0.25, 0.3) is 93.3 Å². The predicted molar refractivity (Wildman–Crippen MR) is 196 cm³/mol. The zero-order chi connectivity index (χ0) is 30.6. The third kappa shape index (κ3) is 3.23. The Labute approximate surface area is 268 Å². The van der Waals surface area contributed by atoms with Crippen LogP contribution in [0.2, 0.25) is 0 Å². The summed E-state index contributed by atoms with van der Waals surface area (Å²) in [5.41, 5.74) is 11.3. The van der Waals surface area contributed by atoms with Crippen molar-refractivity contribution >= 4 is 82.0 Å². The zero-order valence-electron chi connectivity index (χ0n) is 25.3. The molecule has 0 fully saturated rings. The summed E-state index contributed by atoms with van der Waals surface area (Å²) in [6.07, 6.45) is 0.